The molecule has 0 spiro atoms. The Bertz CT molecular complexity index is 919. The molecular formula is C16H18N4O2. The molecule has 0 N–H and O–H groups in total. The van der Waals surface area contributed by atoms with Crippen molar-refractivity contribution in [3.63, 3.8) is 0 Å². The largest absolute Gasteiger partial charge is 0.338 e. The average Bonchev–Trinajstić information content (AvgIpc) is 2.99. The fraction of sp³-hybridized carbons (Fsp3) is 0.312. The summed E-state index contributed by atoms with van der Waals surface area (Å²) in [5, 5.41) is 4.37. The Balaban J connectivity index is 2.30. The van der Waals surface area contributed by atoms with Gasteiger partial charge in [-0.1, -0.05) is 12.1 Å². The number of carbonyl (C=O) groups excluding carboxylic acids is 1. The van der Waals surface area contributed by atoms with Crippen LogP contribution in [0.3, 0.4) is 0 Å². The van der Waals surface area contributed by atoms with E-state index in [9.17, 15) is 9.59 Å². The summed E-state index contributed by atoms with van der Waals surface area (Å²) in [6.45, 7) is 5.07. The van der Waals surface area contributed by atoms with Gasteiger partial charge >= 0.3 is 0 Å². The maximum absolute atomic E-state index is 12.5. The minimum atomic E-state index is -0.162. The van der Waals surface area contributed by atoms with Gasteiger partial charge in [-0.3, -0.25) is 9.59 Å². The van der Waals surface area contributed by atoms with Crippen molar-refractivity contribution in [2.24, 2.45) is 7.05 Å². The van der Waals surface area contributed by atoms with Crippen LogP contribution in [0.4, 0.5) is 0 Å². The summed E-state index contributed by atoms with van der Waals surface area (Å²) in [6.07, 6.45) is 0. The predicted molar refractivity (Wildman–Crippen MR) is 85.2 cm³/mol. The molecule has 2 aromatic heterocycles. The maximum atomic E-state index is 12.5. The molecule has 6 nitrogen and oxygen atoms in total. The Hall–Kier alpha value is -2.63. The second-order valence-corrected chi connectivity index (χ2v) is 5.16. The van der Waals surface area contributed by atoms with E-state index < -0.39 is 0 Å². The van der Waals surface area contributed by atoms with E-state index in [2.05, 4.69) is 5.10 Å². The van der Waals surface area contributed by atoms with E-state index in [1.54, 1.807) is 27.1 Å². The normalized spacial score (nSPS) is 11.2. The average molecular weight is 298 g/mol. The molecule has 22 heavy (non-hydrogen) atoms. The molecule has 0 aliphatic carbocycles. The molecule has 0 fully saturated rings. The smallest absolute Gasteiger partial charge is 0.276 e. The quantitative estimate of drug-likeness (QED) is 0.739. The van der Waals surface area contributed by atoms with Crippen molar-refractivity contribution in [2.75, 3.05) is 13.1 Å². The van der Waals surface area contributed by atoms with Gasteiger partial charge in [-0.2, -0.15) is 5.10 Å². The third-order valence-electron chi connectivity index (χ3n) is 3.97. The van der Waals surface area contributed by atoms with Crippen molar-refractivity contribution in [2.45, 2.75) is 13.8 Å². The number of nitrogens with zero attached hydrogens (tertiary/aromatic N) is 4. The van der Waals surface area contributed by atoms with Crippen molar-refractivity contribution < 1.29 is 4.79 Å². The highest BCUT2D eigenvalue weighted by molar-refractivity contribution is 5.94. The molecule has 114 valence electrons. The van der Waals surface area contributed by atoms with Crippen LogP contribution in [-0.4, -0.2) is 38.1 Å². The number of rotatable bonds is 3. The van der Waals surface area contributed by atoms with Crippen LogP contribution in [0.15, 0.2) is 35.1 Å². The fourth-order valence-electron chi connectivity index (χ4n) is 2.70. The summed E-state index contributed by atoms with van der Waals surface area (Å²) >= 11 is 0. The SMILES string of the molecule is CCN(CC)C(=O)c1cc2c(=O)n(C)c3ccccc3n2n1. The monoisotopic (exact) mass is 298 g/mol. The van der Waals surface area contributed by atoms with Crippen LogP contribution in [0.1, 0.15) is 24.3 Å². The lowest BCUT2D eigenvalue weighted by molar-refractivity contribution is 0.0767. The van der Waals surface area contributed by atoms with Gasteiger partial charge in [0.2, 0.25) is 0 Å². The standard InChI is InChI=1S/C16H18N4O2/c1-4-19(5-2)15(21)11-10-14-16(22)18(3)12-8-6-7-9-13(12)20(14)17-11/h6-10H,4-5H2,1-3H3. The first-order chi connectivity index (χ1) is 10.6. The van der Waals surface area contributed by atoms with E-state index in [1.807, 2.05) is 38.1 Å². The fourth-order valence-corrected chi connectivity index (χ4v) is 2.70. The number of fused-ring (bicyclic) bond motifs is 3. The molecule has 0 saturated heterocycles. The van der Waals surface area contributed by atoms with E-state index in [4.69, 9.17) is 0 Å². The lowest BCUT2D eigenvalue weighted by atomic mass is 10.3. The molecule has 0 radical (unpaired) electrons. The number of carbonyl (C=O) groups is 1. The lowest BCUT2D eigenvalue weighted by Gasteiger charge is -2.16. The molecule has 0 saturated carbocycles. The van der Waals surface area contributed by atoms with Gasteiger partial charge in [-0.05, 0) is 26.0 Å². The first-order valence-corrected chi connectivity index (χ1v) is 7.35. The molecule has 0 bridgehead atoms. The van der Waals surface area contributed by atoms with Crippen molar-refractivity contribution in [1.29, 1.82) is 0 Å². The number of aryl methyl sites for hydroxylation is 1. The van der Waals surface area contributed by atoms with Crippen LogP contribution in [-0.2, 0) is 7.05 Å². The third-order valence-corrected chi connectivity index (χ3v) is 3.97. The summed E-state index contributed by atoms with van der Waals surface area (Å²) in [7, 11) is 1.73. The second kappa shape index (κ2) is 5.29. The van der Waals surface area contributed by atoms with E-state index in [0.717, 1.165) is 11.0 Å². The van der Waals surface area contributed by atoms with Crippen LogP contribution in [0.2, 0.25) is 0 Å². The third kappa shape index (κ3) is 1.99. The zero-order valence-corrected chi connectivity index (χ0v) is 12.9. The molecular weight excluding hydrogens is 280 g/mol. The lowest BCUT2D eigenvalue weighted by Crippen LogP contribution is -2.30. The molecule has 6 heteroatoms. The maximum Gasteiger partial charge on any atom is 0.276 e. The van der Waals surface area contributed by atoms with Gasteiger partial charge in [0.15, 0.2) is 5.69 Å². The highest BCUT2D eigenvalue weighted by Gasteiger charge is 2.19. The molecule has 3 rings (SSSR count). The van der Waals surface area contributed by atoms with Gasteiger partial charge in [0.25, 0.3) is 11.5 Å². The van der Waals surface area contributed by atoms with E-state index in [-0.39, 0.29) is 11.5 Å². The Morgan fingerprint density at radius 2 is 1.77 bits per heavy atom. The van der Waals surface area contributed by atoms with Crippen LogP contribution in [0, 0.1) is 0 Å². The minimum absolute atomic E-state index is 0.153. The van der Waals surface area contributed by atoms with Gasteiger partial charge in [0.1, 0.15) is 5.52 Å². The zero-order valence-electron chi connectivity index (χ0n) is 12.9. The number of hydrogen-bond acceptors (Lipinski definition) is 3. The number of hydrogen-bond donors (Lipinski definition) is 0. The van der Waals surface area contributed by atoms with Crippen LogP contribution in [0.5, 0.6) is 0 Å². The highest BCUT2D eigenvalue weighted by atomic mass is 16.2. The molecule has 0 aliphatic heterocycles. The topological polar surface area (TPSA) is 59.6 Å². The van der Waals surface area contributed by atoms with E-state index >= 15 is 0 Å². The molecule has 1 aromatic carbocycles. The van der Waals surface area contributed by atoms with E-state index in [1.165, 1.54) is 0 Å². The summed E-state index contributed by atoms with van der Waals surface area (Å²) < 4.78 is 3.15. The number of aromatic nitrogens is 3. The first-order valence-electron chi connectivity index (χ1n) is 7.35. The van der Waals surface area contributed by atoms with Crippen LogP contribution < -0.4 is 5.56 Å². The van der Waals surface area contributed by atoms with Crippen molar-refractivity contribution in [3.05, 3.63) is 46.4 Å². The van der Waals surface area contributed by atoms with Crippen molar-refractivity contribution >= 4 is 22.5 Å². The van der Waals surface area contributed by atoms with Gasteiger partial charge in [-0.25, -0.2) is 4.52 Å². The van der Waals surface area contributed by atoms with E-state index in [0.29, 0.717) is 24.3 Å². The Kier molecular flexibility index (Phi) is 3.44. The van der Waals surface area contributed by atoms with Gasteiger partial charge in [0.05, 0.1) is 11.0 Å². The summed E-state index contributed by atoms with van der Waals surface area (Å²) in [5.41, 5.74) is 2.14. The Labute approximate surface area is 127 Å². The predicted octanol–water partition coefficient (Wildman–Crippen LogP) is 1.67. The first kappa shape index (κ1) is 14.3. The minimum Gasteiger partial charge on any atom is -0.338 e. The summed E-state index contributed by atoms with van der Waals surface area (Å²) in [6, 6.07) is 9.10. The second-order valence-electron chi connectivity index (χ2n) is 5.16. The van der Waals surface area contributed by atoms with Crippen LogP contribution in [0.25, 0.3) is 16.6 Å². The van der Waals surface area contributed by atoms with Crippen LogP contribution >= 0.6 is 0 Å². The molecule has 3 aromatic rings. The van der Waals surface area contributed by atoms with Gasteiger partial charge in [-0.15, -0.1) is 0 Å². The Morgan fingerprint density at radius 3 is 2.41 bits per heavy atom. The van der Waals surface area contributed by atoms with Crippen molar-refractivity contribution in [1.82, 2.24) is 19.1 Å². The molecule has 2 heterocycles. The summed E-state index contributed by atoms with van der Waals surface area (Å²) in [4.78, 5) is 26.6. The molecule has 0 atom stereocenters. The zero-order chi connectivity index (χ0) is 15.9. The number of benzene rings is 1. The molecule has 0 aliphatic rings. The molecule has 0 unspecified atom stereocenters. The van der Waals surface area contributed by atoms with Crippen molar-refractivity contribution in [3.8, 4) is 0 Å². The Morgan fingerprint density at radius 1 is 1.14 bits per heavy atom. The highest BCUT2D eigenvalue weighted by Crippen LogP contribution is 2.15. The number of para-hydroxylation sites is 2. The van der Waals surface area contributed by atoms with Gasteiger partial charge in [0, 0.05) is 26.2 Å². The summed E-state index contributed by atoms with van der Waals surface area (Å²) in [5.74, 6) is -0.153. The molecule has 1 amide bonds. The van der Waals surface area contributed by atoms with Gasteiger partial charge < -0.3 is 9.47 Å². The number of amides is 1.